The molecule has 0 aliphatic rings. The summed E-state index contributed by atoms with van der Waals surface area (Å²) >= 11 is 15.2. The van der Waals surface area contributed by atoms with Crippen molar-refractivity contribution < 1.29 is 9.84 Å². The van der Waals surface area contributed by atoms with Crippen molar-refractivity contribution in [3.63, 3.8) is 0 Å². The van der Waals surface area contributed by atoms with Crippen molar-refractivity contribution in [1.29, 1.82) is 0 Å². The van der Waals surface area contributed by atoms with Gasteiger partial charge in [-0.15, -0.1) is 0 Å². The molecule has 0 aliphatic heterocycles. The third kappa shape index (κ3) is 3.86. The molecular weight excluding hydrogens is 351 g/mol. The Kier molecular flexibility index (Phi) is 5.11. The van der Waals surface area contributed by atoms with Gasteiger partial charge in [0.1, 0.15) is 12.4 Å². The van der Waals surface area contributed by atoms with E-state index >= 15 is 0 Å². The molecular formula is C14H11BrCl2O2. The van der Waals surface area contributed by atoms with Gasteiger partial charge < -0.3 is 9.84 Å². The number of hydrogen-bond acceptors (Lipinski definition) is 2. The van der Waals surface area contributed by atoms with Gasteiger partial charge in [-0.1, -0.05) is 35.3 Å². The zero-order valence-electron chi connectivity index (χ0n) is 9.87. The van der Waals surface area contributed by atoms with E-state index in [0.29, 0.717) is 22.4 Å². The van der Waals surface area contributed by atoms with E-state index < -0.39 is 0 Å². The van der Waals surface area contributed by atoms with Gasteiger partial charge in [0.25, 0.3) is 0 Å². The lowest BCUT2D eigenvalue weighted by molar-refractivity contribution is 0.280. The molecule has 0 radical (unpaired) electrons. The van der Waals surface area contributed by atoms with Crippen LogP contribution in [0.3, 0.4) is 0 Å². The lowest BCUT2D eigenvalue weighted by Crippen LogP contribution is -1.96. The minimum absolute atomic E-state index is 0.00563. The van der Waals surface area contributed by atoms with Crippen LogP contribution in [0.25, 0.3) is 0 Å². The standard InChI is InChI=1S/C14H11BrCl2O2/c15-11-5-9(7-18)2-4-14(11)19-8-10-1-3-12(16)13(17)6-10/h1-6,18H,7-8H2. The van der Waals surface area contributed by atoms with Crippen LogP contribution in [-0.4, -0.2) is 5.11 Å². The van der Waals surface area contributed by atoms with E-state index in [0.717, 1.165) is 15.6 Å². The molecule has 0 atom stereocenters. The first kappa shape index (κ1) is 14.7. The average molecular weight is 362 g/mol. The van der Waals surface area contributed by atoms with E-state index in [-0.39, 0.29) is 6.61 Å². The zero-order valence-corrected chi connectivity index (χ0v) is 13.0. The second-order valence-electron chi connectivity index (χ2n) is 3.96. The summed E-state index contributed by atoms with van der Waals surface area (Å²) in [4.78, 5) is 0. The van der Waals surface area contributed by atoms with Crippen molar-refractivity contribution in [2.24, 2.45) is 0 Å². The van der Waals surface area contributed by atoms with Gasteiger partial charge in [-0.3, -0.25) is 0 Å². The molecule has 0 aliphatic carbocycles. The lowest BCUT2D eigenvalue weighted by Gasteiger charge is -2.10. The Morgan fingerprint density at radius 3 is 2.37 bits per heavy atom. The highest BCUT2D eigenvalue weighted by atomic mass is 79.9. The maximum atomic E-state index is 9.03. The van der Waals surface area contributed by atoms with Crippen LogP contribution < -0.4 is 4.74 Å². The van der Waals surface area contributed by atoms with Gasteiger partial charge >= 0.3 is 0 Å². The fraction of sp³-hybridized carbons (Fsp3) is 0.143. The Labute approximate surface area is 130 Å². The van der Waals surface area contributed by atoms with Crippen molar-refractivity contribution in [2.45, 2.75) is 13.2 Å². The molecule has 5 heteroatoms. The third-order valence-corrected chi connectivity index (χ3v) is 3.92. The molecule has 100 valence electrons. The Morgan fingerprint density at radius 2 is 1.74 bits per heavy atom. The molecule has 0 saturated carbocycles. The quantitative estimate of drug-likeness (QED) is 0.845. The fourth-order valence-corrected chi connectivity index (χ4v) is 2.41. The molecule has 0 amide bonds. The van der Waals surface area contributed by atoms with E-state index in [4.69, 9.17) is 33.0 Å². The molecule has 1 N–H and O–H groups in total. The Hall–Kier alpha value is -0.740. The van der Waals surface area contributed by atoms with Gasteiger partial charge in [-0.05, 0) is 51.3 Å². The summed E-state index contributed by atoms with van der Waals surface area (Å²) in [6, 6.07) is 10.8. The Bertz CT molecular complexity index is 588. The van der Waals surface area contributed by atoms with Crippen LogP contribution in [0, 0.1) is 0 Å². The van der Waals surface area contributed by atoms with Gasteiger partial charge in [0.2, 0.25) is 0 Å². The predicted octanol–water partition coefficient (Wildman–Crippen LogP) is 4.83. The maximum Gasteiger partial charge on any atom is 0.134 e. The topological polar surface area (TPSA) is 29.5 Å². The van der Waals surface area contributed by atoms with Crippen molar-refractivity contribution in [2.75, 3.05) is 0 Å². The molecule has 0 fully saturated rings. The summed E-state index contributed by atoms with van der Waals surface area (Å²) in [7, 11) is 0. The van der Waals surface area contributed by atoms with Crippen LogP contribution in [0.2, 0.25) is 10.0 Å². The summed E-state index contributed by atoms with van der Waals surface area (Å²) in [5.41, 5.74) is 1.77. The zero-order chi connectivity index (χ0) is 13.8. The smallest absolute Gasteiger partial charge is 0.134 e. The monoisotopic (exact) mass is 360 g/mol. The molecule has 0 saturated heterocycles. The second kappa shape index (κ2) is 6.62. The fourth-order valence-electron chi connectivity index (χ4n) is 1.55. The summed E-state index contributed by atoms with van der Waals surface area (Å²) in [5, 5.41) is 10.1. The molecule has 2 aromatic carbocycles. The van der Waals surface area contributed by atoms with Crippen LogP contribution in [-0.2, 0) is 13.2 Å². The summed E-state index contributed by atoms with van der Waals surface area (Å²) in [6.07, 6.45) is 0. The minimum atomic E-state index is 0.00563. The van der Waals surface area contributed by atoms with Crippen molar-refractivity contribution >= 4 is 39.1 Å². The molecule has 0 spiro atoms. The van der Waals surface area contributed by atoms with E-state index in [2.05, 4.69) is 15.9 Å². The Morgan fingerprint density at radius 1 is 1.00 bits per heavy atom. The first-order valence-corrected chi connectivity index (χ1v) is 7.11. The number of rotatable bonds is 4. The van der Waals surface area contributed by atoms with Gasteiger partial charge in [-0.25, -0.2) is 0 Å². The highest BCUT2D eigenvalue weighted by Crippen LogP contribution is 2.28. The van der Waals surface area contributed by atoms with Crippen LogP contribution in [0.1, 0.15) is 11.1 Å². The number of hydrogen-bond donors (Lipinski definition) is 1. The Balaban J connectivity index is 2.07. The van der Waals surface area contributed by atoms with Gasteiger partial charge in [0.05, 0.1) is 21.1 Å². The SMILES string of the molecule is OCc1ccc(OCc2ccc(Cl)c(Cl)c2)c(Br)c1. The highest BCUT2D eigenvalue weighted by Gasteiger charge is 2.04. The number of ether oxygens (including phenoxy) is 1. The molecule has 19 heavy (non-hydrogen) atoms. The summed E-state index contributed by atoms with van der Waals surface area (Å²) in [5.74, 6) is 0.711. The molecule has 0 heterocycles. The van der Waals surface area contributed by atoms with Gasteiger partial charge in [0.15, 0.2) is 0 Å². The first-order valence-electron chi connectivity index (χ1n) is 5.56. The van der Waals surface area contributed by atoms with Crippen LogP contribution in [0.5, 0.6) is 5.75 Å². The largest absolute Gasteiger partial charge is 0.488 e. The van der Waals surface area contributed by atoms with E-state index in [1.54, 1.807) is 12.1 Å². The number of aliphatic hydroxyl groups excluding tert-OH is 1. The number of halogens is 3. The molecule has 2 nitrogen and oxygen atoms in total. The molecule has 0 bridgehead atoms. The molecule has 0 aromatic heterocycles. The first-order chi connectivity index (χ1) is 9.10. The van der Waals surface area contributed by atoms with E-state index in [9.17, 15) is 0 Å². The van der Waals surface area contributed by atoms with Gasteiger partial charge in [-0.2, -0.15) is 0 Å². The van der Waals surface area contributed by atoms with Crippen molar-refractivity contribution in [3.8, 4) is 5.75 Å². The van der Waals surface area contributed by atoms with Crippen LogP contribution >= 0.6 is 39.1 Å². The van der Waals surface area contributed by atoms with Crippen LogP contribution in [0.4, 0.5) is 0 Å². The normalized spacial score (nSPS) is 10.5. The summed E-state index contributed by atoms with van der Waals surface area (Å²) in [6.45, 7) is 0.402. The minimum Gasteiger partial charge on any atom is -0.488 e. The second-order valence-corrected chi connectivity index (χ2v) is 5.63. The number of aliphatic hydroxyl groups is 1. The lowest BCUT2D eigenvalue weighted by atomic mass is 10.2. The maximum absolute atomic E-state index is 9.03. The molecule has 0 unspecified atom stereocenters. The molecule has 2 rings (SSSR count). The van der Waals surface area contributed by atoms with E-state index in [1.165, 1.54) is 0 Å². The van der Waals surface area contributed by atoms with Crippen molar-refractivity contribution in [1.82, 2.24) is 0 Å². The van der Waals surface area contributed by atoms with E-state index in [1.807, 2.05) is 24.3 Å². The van der Waals surface area contributed by atoms with Crippen molar-refractivity contribution in [3.05, 3.63) is 62.0 Å². The average Bonchev–Trinajstić information content (AvgIpc) is 2.41. The highest BCUT2D eigenvalue weighted by molar-refractivity contribution is 9.10. The third-order valence-electron chi connectivity index (χ3n) is 2.56. The van der Waals surface area contributed by atoms with Gasteiger partial charge in [0, 0.05) is 0 Å². The number of benzene rings is 2. The van der Waals surface area contributed by atoms with Crippen LogP contribution in [0.15, 0.2) is 40.9 Å². The predicted molar refractivity (Wildman–Crippen MR) is 80.9 cm³/mol. The summed E-state index contributed by atoms with van der Waals surface area (Å²) < 4.78 is 6.49. The molecule has 2 aromatic rings.